The van der Waals surface area contributed by atoms with Crippen molar-refractivity contribution >= 4 is 5.82 Å². The van der Waals surface area contributed by atoms with Crippen molar-refractivity contribution in [1.82, 2.24) is 9.97 Å². The van der Waals surface area contributed by atoms with Gasteiger partial charge in [-0.3, -0.25) is 0 Å². The summed E-state index contributed by atoms with van der Waals surface area (Å²) in [7, 11) is 3.49. The topological polar surface area (TPSA) is 47.0 Å². The zero-order valence-corrected chi connectivity index (χ0v) is 10.9. The van der Waals surface area contributed by atoms with Crippen molar-refractivity contribution < 1.29 is 4.74 Å². The second-order valence-corrected chi connectivity index (χ2v) is 4.11. The lowest BCUT2D eigenvalue weighted by molar-refractivity contribution is 0.178. The SMILES string of the molecule is CNc1cc(-c2cccc(C)c2)nc(COC)n1. The highest BCUT2D eigenvalue weighted by Gasteiger charge is 2.06. The molecule has 18 heavy (non-hydrogen) atoms. The Morgan fingerprint density at radius 1 is 1.22 bits per heavy atom. The molecule has 0 saturated carbocycles. The average molecular weight is 243 g/mol. The van der Waals surface area contributed by atoms with E-state index in [1.165, 1.54) is 5.56 Å². The van der Waals surface area contributed by atoms with E-state index >= 15 is 0 Å². The lowest BCUT2D eigenvalue weighted by Crippen LogP contribution is -2.02. The maximum absolute atomic E-state index is 5.09. The predicted molar refractivity (Wildman–Crippen MR) is 72.5 cm³/mol. The minimum absolute atomic E-state index is 0.411. The maximum Gasteiger partial charge on any atom is 0.157 e. The number of benzene rings is 1. The molecule has 0 amide bonds. The van der Waals surface area contributed by atoms with Crippen molar-refractivity contribution in [3.05, 3.63) is 41.7 Å². The van der Waals surface area contributed by atoms with E-state index in [9.17, 15) is 0 Å². The summed E-state index contributed by atoms with van der Waals surface area (Å²) in [5.74, 6) is 1.48. The molecule has 0 atom stereocenters. The minimum Gasteiger partial charge on any atom is -0.377 e. The van der Waals surface area contributed by atoms with Gasteiger partial charge in [-0.15, -0.1) is 0 Å². The number of aryl methyl sites for hydroxylation is 1. The average Bonchev–Trinajstić information content (AvgIpc) is 2.39. The third kappa shape index (κ3) is 2.84. The largest absolute Gasteiger partial charge is 0.377 e. The van der Waals surface area contributed by atoms with Crippen molar-refractivity contribution in [2.24, 2.45) is 0 Å². The van der Waals surface area contributed by atoms with Crippen LogP contribution in [-0.2, 0) is 11.3 Å². The molecule has 1 aromatic heterocycles. The van der Waals surface area contributed by atoms with Gasteiger partial charge in [-0.1, -0.05) is 23.8 Å². The first-order valence-electron chi connectivity index (χ1n) is 5.84. The first-order chi connectivity index (χ1) is 8.72. The molecule has 4 heteroatoms. The summed E-state index contributed by atoms with van der Waals surface area (Å²) in [5, 5.41) is 3.04. The predicted octanol–water partition coefficient (Wildman–Crippen LogP) is 2.64. The number of hydrogen-bond donors (Lipinski definition) is 1. The molecule has 0 aliphatic heterocycles. The zero-order valence-electron chi connectivity index (χ0n) is 10.9. The van der Waals surface area contributed by atoms with Crippen LogP contribution in [0.4, 0.5) is 5.82 Å². The van der Waals surface area contributed by atoms with Crippen LogP contribution >= 0.6 is 0 Å². The van der Waals surface area contributed by atoms with Crippen LogP contribution in [0.3, 0.4) is 0 Å². The Bertz CT molecular complexity index is 540. The number of hydrogen-bond acceptors (Lipinski definition) is 4. The van der Waals surface area contributed by atoms with Crippen molar-refractivity contribution in [3.8, 4) is 11.3 Å². The molecule has 0 spiro atoms. The van der Waals surface area contributed by atoms with Crippen LogP contribution in [0.1, 0.15) is 11.4 Å². The number of nitrogens with one attached hydrogen (secondary N) is 1. The van der Waals surface area contributed by atoms with Gasteiger partial charge in [0.2, 0.25) is 0 Å². The molecule has 1 heterocycles. The van der Waals surface area contributed by atoms with Crippen molar-refractivity contribution in [2.75, 3.05) is 19.5 Å². The third-order valence-corrected chi connectivity index (χ3v) is 2.62. The molecule has 4 nitrogen and oxygen atoms in total. The van der Waals surface area contributed by atoms with Gasteiger partial charge in [-0.25, -0.2) is 9.97 Å². The van der Waals surface area contributed by atoms with E-state index in [1.807, 2.05) is 25.2 Å². The van der Waals surface area contributed by atoms with E-state index in [0.717, 1.165) is 17.1 Å². The van der Waals surface area contributed by atoms with Crippen molar-refractivity contribution in [3.63, 3.8) is 0 Å². The molecule has 0 aliphatic rings. The Hall–Kier alpha value is -1.94. The molecule has 0 aliphatic carbocycles. The fourth-order valence-electron chi connectivity index (χ4n) is 1.77. The normalized spacial score (nSPS) is 10.4. The number of ether oxygens (including phenoxy) is 1. The summed E-state index contributed by atoms with van der Waals surface area (Å²) in [6.45, 7) is 2.48. The molecular formula is C14H17N3O. The molecule has 0 unspecified atom stereocenters. The summed E-state index contributed by atoms with van der Waals surface area (Å²) >= 11 is 0. The summed E-state index contributed by atoms with van der Waals surface area (Å²) in [6.07, 6.45) is 0. The first-order valence-corrected chi connectivity index (χ1v) is 5.84. The number of aromatic nitrogens is 2. The smallest absolute Gasteiger partial charge is 0.157 e. The van der Waals surface area contributed by atoms with Gasteiger partial charge in [0.15, 0.2) is 5.82 Å². The van der Waals surface area contributed by atoms with Crippen LogP contribution in [0.15, 0.2) is 30.3 Å². The van der Waals surface area contributed by atoms with E-state index in [1.54, 1.807) is 7.11 Å². The van der Waals surface area contributed by atoms with Crippen molar-refractivity contribution in [1.29, 1.82) is 0 Å². The van der Waals surface area contributed by atoms with Gasteiger partial charge >= 0.3 is 0 Å². The fourth-order valence-corrected chi connectivity index (χ4v) is 1.77. The molecule has 0 bridgehead atoms. The van der Waals surface area contributed by atoms with Crippen molar-refractivity contribution in [2.45, 2.75) is 13.5 Å². The highest BCUT2D eigenvalue weighted by molar-refractivity contribution is 5.63. The Morgan fingerprint density at radius 2 is 2.06 bits per heavy atom. The standard InChI is InChI=1S/C14H17N3O/c1-10-5-4-6-11(7-10)12-8-13(15-2)17-14(16-12)9-18-3/h4-8H,9H2,1-3H3,(H,15,16,17). The van der Waals surface area contributed by atoms with Crippen LogP contribution in [-0.4, -0.2) is 24.1 Å². The molecule has 1 aromatic carbocycles. The van der Waals surface area contributed by atoms with Crippen LogP contribution in [0.25, 0.3) is 11.3 Å². The van der Waals surface area contributed by atoms with Crippen LogP contribution < -0.4 is 5.32 Å². The molecule has 94 valence electrons. The summed E-state index contributed by atoms with van der Waals surface area (Å²) < 4.78 is 5.09. The monoisotopic (exact) mass is 243 g/mol. The van der Waals surface area contributed by atoms with E-state index in [-0.39, 0.29) is 0 Å². The highest BCUT2D eigenvalue weighted by Crippen LogP contribution is 2.20. The van der Waals surface area contributed by atoms with Crippen LogP contribution in [0, 0.1) is 6.92 Å². The Labute approximate surface area is 107 Å². The van der Waals surface area contributed by atoms with Gasteiger partial charge < -0.3 is 10.1 Å². The van der Waals surface area contributed by atoms with Gasteiger partial charge in [-0.05, 0) is 13.0 Å². The Morgan fingerprint density at radius 3 is 2.72 bits per heavy atom. The van der Waals surface area contributed by atoms with Gasteiger partial charge in [0.1, 0.15) is 12.4 Å². The molecule has 0 fully saturated rings. The highest BCUT2D eigenvalue weighted by atomic mass is 16.5. The van der Waals surface area contributed by atoms with Gasteiger partial charge in [-0.2, -0.15) is 0 Å². The van der Waals surface area contributed by atoms with Gasteiger partial charge in [0, 0.05) is 25.8 Å². The minimum atomic E-state index is 0.411. The Kier molecular flexibility index (Phi) is 3.89. The second-order valence-electron chi connectivity index (χ2n) is 4.11. The first kappa shape index (κ1) is 12.5. The van der Waals surface area contributed by atoms with E-state index in [0.29, 0.717) is 12.4 Å². The molecule has 0 radical (unpaired) electrons. The molecule has 1 N–H and O–H groups in total. The van der Waals surface area contributed by atoms with E-state index < -0.39 is 0 Å². The fraction of sp³-hybridized carbons (Fsp3) is 0.286. The third-order valence-electron chi connectivity index (χ3n) is 2.62. The van der Waals surface area contributed by atoms with Gasteiger partial charge in [0.05, 0.1) is 5.69 Å². The quantitative estimate of drug-likeness (QED) is 0.896. The lowest BCUT2D eigenvalue weighted by atomic mass is 10.1. The van der Waals surface area contributed by atoms with E-state index in [4.69, 9.17) is 4.74 Å². The Balaban J connectivity index is 2.46. The lowest BCUT2D eigenvalue weighted by Gasteiger charge is -2.08. The molecule has 2 aromatic rings. The number of anilines is 1. The molecule has 2 rings (SSSR count). The van der Waals surface area contributed by atoms with Crippen LogP contribution in [0.2, 0.25) is 0 Å². The number of rotatable bonds is 4. The second kappa shape index (κ2) is 5.60. The summed E-state index contributed by atoms with van der Waals surface area (Å²) in [6, 6.07) is 10.2. The number of nitrogens with zero attached hydrogens (tertiary/aromatic N) is 2. The van der Waals surface area contributed by atoms with Gasteiger partial charge in [0.25, 0.3) is 0 Å². The number of methoxy groups -OCH3 is 1. The molecular weight excluding hydrogens is 226 g/mol. The maximum atomic E-state index is 5.09. The zero-order chi connectivity index (χ0) is 13.0. The summed E-state index contributed by atoms with van der Waals surface area (Å²) in [4.78, 5) is 8.85. The summed E-state index contributed by atoms with van der Waals surface area (Å²) in [5.41, 5.74) is 3.21. The van der Waals surface area contributed by atoms with E-state index in [2.05, 4.69) is 34.3 Å². The van der Waals surface area contributed by atoms with Crippen LogP contribution in [0.5, 0.6) is 0 Å². The molecule has 0 saturated heterocycles.